The van der Waals surface area contributed by atoms with Gasteiger partial charge in [-0.25, -0.2) is 4.79 Å². The first-order chi connectivity index (χ1) is 15.6. The molecule has 0 N–H and O–H groups in total. The summed E-state index contributed by atoms with van der Waals surface area (Å²) >= 11 is 0. The zero-order valence-electron chi connectivity index (χ0n) is 19.9. The third-order valence-electron chi connectivity index (χ3n) is 6.15. The SMILES string of the molecule is CCCCCCCCCCCCCCCCOC(=O)C1CCCN1C(=O)C(F)(F)C(F)(F)F. The number of carbonyl (C=O) groups is 2. The summed E-state index contributed by atoms with van der Waals surface area (Å²) in [6.07, 6.45) is 10.6. The van der Waals surface area contributed by atoms with E-state index < -0.39 is 30.0 Å². The highest BCUT2D eigenvalue weighted by atomic mass is 19.4. The second-order valence-corrected chi connectivity index (χ2v) is 8.99. The average Bonchev–Trinajstić information content (AvgIpc) is 3.24. The van der Waals surface area contributed by atoms with E-state index >= 15 is 0 Å². The molecule has 1 fully saturated rings. The summed E-state index contributed by atoms with van der Waals surface area (Å²) < 4.78 is 69.1. The lowest BCUT2D eigenvalue weighted by atomic mass is 10.0. The zero-order valence-corrected chi connectivity index (χ0v) is 19.9. The van der Waals surface area contributed by atoms with Crippen LogP contribution in [0.15, 0.2) is 0 Å². The fraction of sp³-hybridized carbons (Fsp3) is 0.917. The summed E-state index contributed by atoms with van der Waals surface area (Å²) in [7, 11) is 0. The molecule has 1 saturated heterocycles. The van der Waals surface area contributed by atoms with Gasteiger partial charge in [0.2, 0.25) is 0 Å². The summed E-state index contributed by atoms with van der Waals surface area (Å²) in [5.74, 6) is -8.80. The number of esters is 1. The minimum absolute atomic E-state index is 0.0251. The van der Waals surface area contributed by atoms with Crippen molar-refractivity contribution in [2.75, 3.05) is 13.2 Å². The minimum atomic E-state index is -5.99. The largest absolute Gasteiger partial charge is 0.464 e. The van der Waals surface area contributed by atoms with Crippen molar-refractivity contribution < 1.29 is 36.3 Å². The molecule has 9 heteroatoms. The van der Waals surface area contributed by atoms with E-state index in [1.165, 1.54) is 64.2 Å². The molecule has 194 valence electrons. The molecule has 1 heterocycles. The summed E-state index contributed by atoms with van der Waals surface area (Å²) in [6, 6.07) is -1.38. The van der Waals surface area contributed by atoms with Gasteiger partial charge in [0, 0.05) is 6.54 Å². The van der Waals surface area contributed by atoms with Gasteiger partial charge in [-0.2, -0.15) is 22.0 Å². The maximum atomic E-state index is 13.3. The Bertz CT molecular complexity index is 569. The predicted molar refractivity (Wildman–Crippen MR) is 117 cm³/mol. The molecular weight excluding hydrogens is 445 g/mol. The molecule has 0 saturated carbocycles. The lowest BCUT2D eigenvalue weighted by molar-refractivity contribution is -0.274. The first kappa shape index (κ1) is 29.6. The molecule has 0 aromatic carbocycles. The molecule has 1 amide bonds. The molecule has 4 nitrogen and oxygen atoms in total. The average molecular weight is 486 g/mol. The first-order valence-electron chi connectivity index (χ1n) is 12.5. The van der Waals surface area contributed by atoms with Crippen LogP contribution in [-0.4, -0.2) is 48.1 Å². The number of nitrogens with zero attached hydrogens (tertiary/aromatic N) is 1. The molecule has 0 aromatic rings. The van der Waals surface area contributed by atoms with Gasteiger partial charge in [0.05, 0.1) is 6.61 Å². The number of likely N-dealkylation sites (tertiary alicyclic amines) is 1. The fourth-order valence-electron chi connectivity index (χ4n) is 4.12. The molecule has 0 radical (unpaired) electrons. The lowest BCUT2D eigenvalue weighted by Gasteiger charge is -2.28. The van der Waals surface area contributed by atoms with Crippen molar-refractivity contribution in [1.29, 1.82) is 0 Å². The number of hydrogen-bond acceptors (Lipinski definition) is 3. The molecular formula is C24H40F5NO3. The van der Waals surface area contributed by atoms with E-state index in [4.69, 9.17) is 4.74 Å². The monoisotopic (exact) mass is 485 g/mol. The highest BCUT2D eigenvalue weighted by Gasteiger charge is 2.65. The predicted octanol–water partition coefficient (Wildman–Crippen LogP) is 7.20. The van der Waals surface area contributed by atoms with E-state index in [1.807, 2.05) is 0 Å². The molecule has 1 rings (SSSR count). The topological polar surface area (TPSA) is 46.6 Å². The van der Waals surface area contributed by atoms with E-state index in [1.54, 1.807) is 0 Å². The smallest absolute Gasteiger partial charge is 0.463 e. The lowest BCUT2D eigenvalue weighted by Crippen LogP contribution is -2.55. The van der Waals surface area contributed by atoms with Gasteiger partial charge in [0.1, 0.15) is 6.04 Å². The van der Waals surface area contributed by atoms with Crippen molar-refractivity contribution in [3.63, 3.8) is 0 Å². The second-order valence-electron chi connectivity index (χ2n) is 8.99. The van der Waals surface area contributed by atoms with Crippen LogP contribution in [0.4, 0.5) is 22.0 Å². The summed E-state index contributed by atoms with van der Waals surface area (Å²) in [5.41, 5.74) is 0. The third kappa shape index (κ3) is 10.6. The van der Waals surface area contributed by atoms with Gasteiger partial charge in [-0.1, -0.05) is 90.4 Å². The van der Waals surface area contributed by atoms with Crippen LogP contribution in [0, 0.1) is 0 Å². The zero-order chi connectivity index (χ0) is 24.7. The number of alkyl halides is 5. The normalized spacial score (nSPS) is 16.9. The second kappa shape index (κ2) is 15.5. The Balaban J connectivity index is 2.10. The summed E-state index contributed by atoms with van der Waals surface area (Å²) in [4.78, 5) is 24.1. The van der Waals surface area contributed by atoms with Crippen LogP contribution in [-0.2, 0) is 14.3 Å². The maximum absolute atomic E-state index is 13.3. The molecule has 0 bridgehead atoms. The molecule has 1 atom stereocenters. The van der Waals surface area contributed by atoms with Crippen LogP contribution in [0.5, 0.6) is 0 Å². The summed E-state index contributed by atoms with van der Waals surface area (Å²) in [5, 5.41) is 0. The number of unbranched alkanes of at least 4 members (excludes halogenated alkanes) is 13. The minimum Gasteiger partial charge on any atom is -0.464 e. The van der Waals surface area contributed by atoms with Gasteiger partial charge in [-0.05, 0) is 19.3 Å². The number of amides is 1. The number of halogens is 5. The highest BCUT2D eigenvalue weighted by molar-refractivity contribution is 5.89. The molecule has 0 aromatic heterocycles. The first-order valence-corrected chi connectivity index (χ1v) is 12.5. The molecule has 33 heavy (non-hydrogen) atoms. The standard InChI is InChI=1S/C24H40F5NO3/c1-2-3-4-5-6-7-8-9-10-11-12-13-14-15-19-33-21(31)20-17-16-18-30(20)22(32)23(25,26)24(27,28)29/h20H,2-19H2,1H3. The molecule has 1 aliphatic heterocycles. The third-order valence-corrected chi connectivity index (χ3v) is 6.15. The Morgan fingerprint density at radius 1 is 0.788 bits per heavy atom. The van der Waals surface area contributed by atoms with E-state index in [2.05, 4.69) is 6.92 Å². The van der Waals surface area contributed by atoms with Crippen molar-refractivity contribution in [2.45, 2.75) is 128 Å². The Hall–Kier alpha value is -1.41. The van der Waals surface area contributed by atoms with Gasteiger partial charge in [-0.15, -0.1) is 0 Å². The Morgan fingerprint density at radius 3 is 1.70 bits per heavy atom. The van der Waals surface area contributed by atoms with Crippen LogP contribution in [0.1, 0.15) is 110 Å². The Labute approximate surface area is 194 Å². The quantitative estimate of drug-likeness (QED) is 0.124. The maximum Gasteiger partial charge on any atom is 0.463 e. The molecule has 0 aliphatic carbocycles. The van der Waals surface area contributed by atoms with Crippen molar-refractivity contribution in [1.82, 2.24) is 4.90 Å². The number of ether oxygens (including phenoxy) is 1. The van der Waals surface area contributed by atoms with Gasteiger partial charge < -0.3 is 9.64 Å². The van der Waals surface area contributed by atoms with Gasteiger partial charge in [0.15, 0.2) is 0 Å². The van der Waals surface area contributed by atoms with Crippen molar-refractivity contribution in [2.24, 2.45) is 0 Å². The van der Waals surface area contributed by atoms with Gasteiger partial charge in [0.25, 0.3) is 0 Å². The van der Waals surface area contributed by atoms with E-state index in [0.717, 1.165) is 19.3 Å². The Morgan fingerprint density at radius 2 is 1.24 bits per heavy atom. The van der Waals surface area contributed by atoms with Gasteiger partial charge >= 0.3 is 24.0 Å². The molecule has 1 unspecified atom stereocenters. The van der Waals surface area contributed by atoms with Gasteiger partial charge in [-0.3, -0.25) is 4.79 Å². The molecule has 0 spiro atoms. The highest BCUT2D eigenvalue weighted by Crippen LogP contribution is 2.38. The molecule has 1 aliphatic rings. The van der Waals surface area contributed by atoms with Crippen LogP contribution < -0.4 is 0 Å². The van der Waals surface area contributed by atoms with E-state index in [-0.39, 0.29) is 26.0 Å². The van der Waals surface area contributed by atoms with Crippen LogP contribution in [0.2, 0.25) is 0 Å². The number of carbonyl (C=O) groups excluding carboxylic acids is 2. The summed E-state index contributed by atoms with van der Waals surface area (Å²) in [6.45, 7) is 1.98. The number of hydrogen-bond donors (Lipinski definition) is 0. The van der Waals surface area contributed by atoms with Crippen LogP contribution in [0.3, 0.4) is 0 Å². The van der Waals surface area contributed by atoms with Crippen LogP contribution in [0.25, 0.3) is 0 Å². The number of rotatable bonds is 17. The fourth-order valence-corrected chi connectivity index (χ4v) is 4.12. The Kier molecular flexibility index (Phi) is 13.9. The van der Waals surface area contributed by atoms with Crippen molar-refractivity contribution in [3.8, 4) is 0 Å². The van der Waals surface area contributed by atoms with Crippen LogP contribution >= 0.6 is 0 Å². The van der Waals surface area contributed by atoms with E-state index in [9.17, 15) is 31.5 Å². The van der Waals surface area contributed by atoms with E-state index in [0.29, 0.717) is 11.3 Å². The van der Waals surface area contributed by atoms with Crippen molar-refractivity contribution in [3.05, 3.63) is 0 Å². The van der Waals surface area contributed by atoms with Crippen molar-refractivity contribution >= 4 is 11.9 Å².